The molecule has 0 bridgehead atoms. The Labute approximate surface area is 165 Å². The summed E-state index contributed by atoms with van der Waals surface area (Å²) in [5.41, 5.74) is -2.35. The van der Waals surface area contributed by atoms with Gasteiger partial charge in [0, 0.05) is 42.0 Å². The summed E-state index contributed by atoms with van der Waals surface area (Å²) >= 11 is 0. The second kappa shape index (κ2) is 6.19. The van der Waals surface area contributed by atoms with E-state index in [1.807, 2.05) is 0 Å². The Morgan fingerprint density at radius 1 is 1.14 bits per heavy atom. The number of aliphatic hydroxyl groups is 1. The van der Waals surface area contributed by atoms with E-state index in [1.54, 1.807) is 12.1 Å². The van der Waals surface area contributed by atoms with Crippen molar-refractivity contribution in [1.82, 2.24) is 0 Å². The summed E-state index contributed by atoms with van der Waals surface area (Å²) < 4.78 is 5.21. The van der Waals surface area contributed by atoms with Crippen LogP contribution in [0.25, 0.3) is 0 Å². The summed E-state index contributed by atoms with van der Waals surface area (Å²) in [6, 6.07) is 6.07. The fourth-order valence-electron chi connectivity index (χ4n) is 4.09. The smallest absolute Gasteiger partial charge is 0.303 e. The van der Waals surface area contributed by atoms with Crippen LogP contribution in [0.2, 0.25) is 0 Å². The van der Waals surface area contributed by atoms with E-state index in [4.69, 9.17) is 11.2 Å². The maximum atomic E-state index is 13.0. The monoisotopic (exact) mass is 392 g/mol. The average molecular weight is 392 g/mol. The standard InChI is InChI=1S/C22H16O7/c1-3-22(28)8-13-15(14(9-22)29-10(2)23)21(27)17-16(20(13)26)18(24)11-6-4-5-7-12(11)19(17)25/h1,4-7,14,26-28H,8-9H2,2H3. The van der Waals surface area contributed by atoms with Crippen molar-refractivity contribution in [2.75, 3.05) is 0 Å². The van der Waals surface area contributed by atoms with Crippen LogP contribution in [0.4, 0.5) is 0 Å². The number of hydrogen-bond donors (Lipinski definition) is 3. The molecule has 2 atom stereocenters. The van der Waals surface area contributed by atoms with Crippen LogP contribution < -0.4 is 0 Å². The number of fused-ring (bicyclic) bond motifs is 3. The maximum Gasteiger partial charge on any atom is 0.303 e. The lowest BCUT2D eigenvalue weighted by atomic mass is 9.73. The first-order valence-corrected chi connectivity index (χ1v) is 8.85. The van der Waals surface area contributed by atoms with Crippen LogP contribution in [-0.4, -0.2) is 38.5 Å². The maximum absolute atomic E-state index is 13.0. The molecule has 2 aromatic carbocycles. The van der Waals surface area contributed by atoms with Crippen molar-refractivity contribution < 1.29 is 34.4 Å². The molecule has 2 aromatic rings. The van der Waals surface area contributed by atoms with Crippen LogP contribution in [0.15, 0.2) is 24.3 Å². The van der Waals surface area contributed by atoms with Crippen LogP contribution in [0.5, 0.6) is 11.5 Å². The van der Waals surface area contributed by atoms with Crippen LogP contribution >= 0.6 is 0 Å². The van der Waals surface area contributed by atoms with Gasteiger partial charge in [-0.2, -0.15) is 0 Å². The molecule has 2 aliphatic rings. The van der Waals surface area contributed by atoms with E-state index in [9.17, 15) is 29.7 Å². The molecule has 4 rings (SSSR count). The van der Waals surface area contributed by atoms with Gasteiger partial charge < -0.3 is 20.1 Å². The largest absolute Gasteiger partial charge is 0.507 e. The first-order chi connectivity index (χ1) is 13.7. The van der Waals surface area contributed by atoms with E-state index < -0.39 is 40.7 Å². The van der Waals surface area contributed by atoms with Gasteiger partial charge in [-0.05, 0) is 0 Å². The third kappa shape index (κ3) is 2.61. The highest BCUT2D eigenvalue weighted by molar-refractivity contribution is 6.30. The van der Waals surface area contributed by atoms with E-state index in [0.717, 1.165) is 6.92 Å². The molecule has 0 saturated heterocycles. The fourth-order valence-corrected chi connectivity index (χ4v) is 4.09. The highest BCUT2D eigenvalue weighted by Gasteiger charge is 2.45. The van der Waals surface area contributed by atoms with Gasteiger partial charge in [0.2, 0.25) is 0 Å². The minimum Gasteiger partial charge on any atom is -0.507 e. The van der Waals surface area contributed by atoms with Gasteiger partial charge in [-0.25, -0.2) is 0 Å². The van der Waals surface area contributed by atoms with E-state index in [-0.39, 0.29) is 46.2 Å². The summed E-state index contributed by atoms with van der Waals surface area (Å²) in [6.45, 7) is 1.14. The molecule has 7 nitrogen and oxygen atoms in total. The summed E-state index contributed by atoms with van der Waals surface area (Å²) in [6.07, 6.45) is 3.70. The number of benzene rings is 2. The predicted octanol–water partition coefficient (Wildman–Crippen LogP) is 1.79. The van der Waals surface area contributed by atoms with Crippen LogP contribution in [-0.2, 0) is 16.0 Å². The van der Waals surface area contributed by atoms with Crippen molar-refractivity contribution in [3.05, 3.63) is 57.6 Å². The fraction of sp³-hybridized carbons (Fsp3) is 0.227. The number of phenolic OH excluding ortho intramolecular Hbond substituents is 2. The Balaban J connectivity index is 2.04. The summed E-state index contributed by atoms with van der Waals surface area (Å²) in [4.78, 5) is 37.6. The number of ether oxygens (including phenoxy) is 1. The molecule has 146 valence electrons. The van der Waals surface area contributed by atoms with Gasteiger partial charge in [0.05, 0.1) is 11.1 Å². The summed E-state index contributed by atoms with van der Waals surface area (Å²) in [5.74, 6) is -0.892. The number of ketones is 2. The number of terminal acetylenes is 1. The molecule has 0 aliphatic heterocycles. The number of rotatable bonds is 1. The van der Waals surface area contributed by atoms with E-state index in [1.165, 1.54) is 12.1 Å². The SMILES string of the molecule is C#CC1(O)Cc2c(O)c3c(c(O)c2C(OC(C)=O)C1)C(=O)c1ccccc1C3=O. The molecular formula is C22H16O7. The van der Waals surface area contributed by atoms with E-state index in [0.29, 0.717) is 0 Å². The van der Waals surface area contributed by atoms with Crippen LogP contribution in [0.1, 0.15) is 62.4 Å². The lowest BCUT2D eigenvalue weighted by molar-refractivity contribution is -0.149. The Morgan fingerprint density at radius 2 is 1.69 bits per heavy atom. The van der Waals surface area contributed by atoms with Crippen molar-refractivity contribution in [3.63, 3.8) is 0 Å². The second-order valence-corrected chi connectivity index (χ2v) is 7.20. The zero-order valence-electron chi connectivity index (χ0n) is 15.4. The van der Waals surface area contributed by atoms with E-state index in [2.05, 4.69) is 5.92 Å². The number of phenols is 2. The molecule has 0 spiro atoms. The van der Waals surface area contributed by atoms with Gasteiger partial charge in [0.25, 0.3) is 0 Å². The Morgan fingerprint density at radius 3 is 2.21 bits per heavy atom. The van der Waals surface area contributed by atoms with Gasteiger partial charge in [-0.15, -0.1) is 6.42 Å². The van der Waals surface area contributed by atoms with Crippen molar-refractivity contribution >= 4 is 17.5 Å². The number of carbonyl (C=O) groups excluding carboxylic acids is 3. The molecular weight excluding hydrogens is 376 g/mol. The zero-order valence-corrected chi connectivity index (χ0v) is 15.4. The second-order valence-electron chi connectivity index (χ2n) is 7.20. The number of esters is 1. The van der Waals surface area contributed by atoms with Gasteiger partial charge in [-0.1, -0.05) is 30.2 Å². The number of aromatic hydroxyl groups is 2. The molecule has 2 aliphatic carbocycles. The molecule has 0 saturated carbocycles. The quantitative estimate of drug-likeness (QED) is 0.328. The zero-order chi connectivity index (χ0) is 21.1. The highest BCUT2D eigenvalue weighted by Crippen LogP contribution is 2.51. The van der Waals surface area contributed by atoms with Crippen LogP contribution in [0.3, 0.4) is 0 Å². The number of carbonyl (C=O) groups is 3. The molecule has 0 amide bonds. The van der Waals surface area contributed by atoms with Crippen molar-refractivity contribution in [1.29, 1.82) is 0 Å². The predicted molar refractivity (Wildman–Crippen MR) is 99.7 cm³/mol. The summed E-state index contributed by atoms with van der Waals surface area (Å²) in [7, 11) is 0. The van der Waals surface area contributed by atoms with Gasteiger partial charge in [-0.3, -0.25) is 14.4 Å². The normalized spacial score (nSPS) is 22.2. The molecule has 29 heavy (non-hydrogen) atoms. The van der Waals surface area contributed by atoms with Gasteiger partial charge in [0.15, 0.2) is 11.6 Å². The highest BCUT2D eigenvalue weighted by atomic mass is 16.5. The lowest BCUT2D eigenvalue weighted by Gasteiger charge is -2.36. The minimum absolute atomic E-state index is 0.0280. The molecule has 0 radical (unpaired) electrons. The van der Waals surface area contributed by atoms with Gasteiger partial charge >= 0.3 is 5.97 Å². The third-order valence-corrected chi connectivity index (χ3v) is 5.35. The minimum atomic E-state index is -1.77. The van der Waals surface area contributed by atoms with Crippen molar-refractivity contribution in [3.8, 4) is 23.8 Å². The van der Waals surface area contributed by atoms with Crippen molar-refractivity contribution in [2.45, 2.75) is 31.5 Å². The Bertz CT molecular complexity index is 1150. The topological polar surface area (TPSA) is 121 Å². The molecule has 2 unspecified atom stereocenters. The first-order valence-electron chi connectivity index (χ1n) is 8.85. The van der Waals surface area contributed by atoms with Crippen molar-refractivity contribution in [2.24, 2.45) is 0 Å². The molecule has 0 heterocycles. The lowest BCUT2D eigenvalue weighted by Crippen LogP contribution is -2.38. The summed E-state index contributed by atoms with van der Waals surface area (Å²) in [5, 5.41) is 32.5. The van der Waals surface area contributed by atoms with Crippen LogP contribution in [0, 0.1) is 12.3 Å². The Kier molecular flexibility index (Phi) is 4.00. The molecule has 7 heteroatoms. The van der Waals surface area contributed by atoms with E-state index >= 15 is 0 Å². The average Bonchev–Trinajstić information content (AvgIpc) is 2.68. The Hall–Kier alpha value is -3.63. The third-order valence-electron chi connectivity index (χ3n) is 5.35. The molecule has 0 aromatic heterocycles. The number of hydrogen-bond acceptors (Lipinski definition) is 7. The first kappa shape index (κ1) is 18.7. The molecule has 3 N–H and O–H groups in total. The molecule has 0 fully saturated rings. The van der Waals surface area contributed by atoms with Gasteiger partial charge in [0.1, 0.15) is 23.2 Å².